The van der Waals surface area contributed by atoms with E-state index in [2.05, 4.69) is 15.0 Å². The molecule has 4 rings (SSSR count). The number of carbonyl (C=O) groups excluding carboxylic acids is 1. The number of aromatic nitrogens is 3. The highest BCUT2D eigenvalue weighted by atomic mass is 16.2. The average Bonchev–Trinajstić information content (AvgIpc) is 3.17. The van der Waals surface area contributed by atoms with Gasteiger partial charge in [-0.25, -0.2) is 9.97 Å². The number of hydrogen-bond donors (Lipinski definition) is 2. The molecule has 6 heteroatoms. The van der Waals surface area contributed by atoms with Crippen molar-refractivity contribution in [1.29, 1.82) is 0 Å². The van der Waals surface area contributed by atoms with Crippen LogP contribution in [0, 0.1) is 0 Å². The summed E-state index contributed by atoms with van der Waals surface area (Å²) >= 11 is 0. The summed E-state index contributed by atoms with van der Waals surface area (Å²) < 4.78 is 0. The third kappa shape index (κ3) is 1.98. The second kappa shape index (κ2) is 4.83. The zero-order chi connectivity index (χ0) is 15.2. The molecular formula is C16H19N5O. The van der Waals surface area contributed by atoms with Crippen molar-refractivity contribution in [2.24, 2.45) is 0 Å². The smallest absolute Gasteiger partial charge is 0.255 e. The highest BCUT2D eigenvalue weighted by Crippen LogP contribution is 2.44. The molecule has 2 aliphatic rings. The number of hydrogen-bond acceptors (Lipinski definition) is 4. The quantitative estimate of drug-likeness (QED) is 0.835. The van der Waals surface area contributed by atoms with E-state index in [1.54, 1.807) is 12.4 Å². The van der Waals surface area contributed by atoms with E-state index in [4.69, 9.17) is 5.73 Å². The number of amides is 1. The van der Waals surface area contributed by atoms with Crippen LogP contribution in [-0.2, 0) is 11.8 Å². The number of fused-ring (bicyclic) bond motifs is 2. The molecule has 114 valence electrons. The summed E-state index contributed by atoms with van der Waals surface area (Å²) in [7, 11) is 0. The second-order valence-corrected chi connectivity index (χ2v) is 6.31. The van der Waals surface area contributed by atoms with Crippen LogP contribution >= 0.6 is 0 Å². The molecule has 0 radical (unpaired) electrons. The van der Waals surface area contributed by atoms with Gasteiger partial charge in [0.05, 0.1) is 11.3 Å². The minimum Gasteiger partial charge on any atom is -0.368 e. The predicted molar refractivity (Wildman–Crippen MR) is 82.4 cm³/mol. The number of aromatic amines is 1. The van der Waals surface area contributed by atoms with E-state index in [0.717, 1.165) is 50.0 Å². The molecule has 22 heavy (non-hydrogen) atoms. The monoisotopic (exact) mass is 297 g/mol. The van der Waals surface area contributed by atoms with E-state index in [1.807, 2.05) is 17.2 Å². The van der Waals surface area contributed by atoms with Crippen LogP contribution in [-0.4, -0.2) is 38.8 Å². The molecule has 1 atom stereocenters. The van der Waals surface area contributed by atoms with E-state index >= 15 is 0 Å². The number of nitrogens with one attached hydrogen (secondary N) is 1. The minimum absolute atomic E-state index is 0.0450. The van der Waals surface area contributed by atoms with E-state index in [-0.39, 0.29) is 11.3 Å². The van der Waals surface area contributed by atoms with E-state index in [9.17, 15) is 4.79 Å². The van der Waals surface area contributed by atoms with Crippen molar-refractivity contribution < 1.29 is 4.79 Å². The molecule has 2 aromatic heterocycles. The summed E-state index contributed by atoms with van der Waals surface area (Å²) in [4.78, 5) is 26.2. The lowest BCUT2D eigenvalue weighted by Gasteiger charge is -2.40. The Morgan fingerprint density at radius 3 is 3.14 bits per heavy atom. The number of nitrogens with zero attached hydrogens (tertiary/aromatic N) is 3. The number of H-pyrrole nitrogens is 1. The normalized spacial score (nSPS) is 23.7. The van der Waals surface area contributed by atoms with Gasteiger partial charge in [0.25, 0.3) is 5.91 Å². The van der Waals surface area contributed by atoms with Gasteiger partial charge in [0.15, 0.2) is 0 Å². The summed E-state index contributed by atoms with van der Waals surface area (Å²) in [5, 5.41) is 0. The predicted octanol–water partition coefficient (Wildman–Crippen LogP) is 1.51. The van der Waals surface area contributed by atoms with Crippen molar-refractivity contribution in [3.63, 3.8) is 0 Å². The molecule has 1 fully saturated rings. The summed E-state index contributed by atoms with van der Waals surface area (Å²) in [5.74, 6) is 0.421. The number of likely N-dealkylation sites (tertiary alicyclic amines) is 1. The Hall–Kier alpha value is -2.37. The maximum Gasteiger partial charge on any atom is 0.255 e. The van der Waals surface area contributed by atoms with Gasteiger partial charge in [-0.05, 0) is 37.3 Å². The number of piperidine rings is 1. The molecule has 1 unspecified atom stereocenters. The third-order valence-corrected chi connectivity index (χ3v) is 4.97. The maximum atomic E-state index is 12.6. The Balaban J connectivity index is 1.65. The number of anilines is 1. The molecule has 0 aromatic carbocycles. The van der Waals surface area contributed by atoms with Crippen molar-refractivity contribution >= 4 is 11.9 Å². The molecule has 0 saturated carbocycles. The minimum atomic E-state index is -0.0450. The molecule has 2 aromatic rings. The topological polar surface area (TPSA) is 87.9 Å². The van der Waals surface area contributed by atoms with Gasteiger partial charge in [-0.3, -0.25) is 4.79 Å². The zero-order valence-corrected chi connectivity index (χ0v) is 12.4. The molecular weight excluding hydrogens is 278 g/mol. The lowest BCUT2D eigenvalue weighted by atomic mass is 9.77. The Bertz CT molecular complexity index is 707. The fourth-order valence-corrected chi connectivity index (χ4v) is 3.90. The molecule has 3 N–H and O–H groups in total. The first-order valence-corrected chi connectivity index (χ1v) is 7.72. The van der Waals surface area contributed by atoms with Crippen molar-refractivity contribution in [3.8, 4) is 0 Å². The van der Waals surface area contributed by atoms with Gasteiger partial charge in [-0.2, -0.15) is 0 Å². The van der Waals surface area contributed by atoms with Gasteiger partial charge in [-0.1, -0.05) is 0 Å². The number of rotatable bonds is 1. The number of nitrogen functional groups attached to an aromatic ring is 1. The number of nitrogens with two attached hydrogens (primary N) is 1. The van der Waals surface area contributed by atoms with Crippen LogP contribution < -0.4 is 5.73 Å². The standard InChI is InChI=1S/C16H19N5O/c17-15-19-9-11-2-5-16(13(11)20-15)4-1-7-21(10-16)14(22)12-3-6-18-8-12/h3,6,8-9,18H,1-2,4-5,7,10H2,(H2,17,19,20). The molecule has 1 saturated heterocycles. The van der Waals surface area contributed by atoms with Gasteiger partial charge in [-0.15, -0.1) is 0 Å². The SMILES string of the molecule is Nc1ncc2c(n1)C1(CCCN(C(=O)c3cc[nH]c3)C1)CC2. The van der Waals surface area contributed by atoms with E-state index < -0.39 is 0 Å². The Kier molecular flexibility index (Phi) is 2.92. The highest BCUT2D eigenvalue weighted by Gasteiger charge is 2.44. The first-order chi connectivity index (χ1) is 10.7. The number of carbonyl (C=O) groups is 1. The summed E-state index contributed by atoms with van der Waals surface area (Å²) in [6.45, 7) is 1.53. The Morgan fingerprint density at radius 2 is 2.32 bits per heavy atom. The van der Waals surface area contributed by atoms with Crippen molar-refractivity contribution in [3.05, 3.63) is 41.5 Å². The first-order valence-electron chi connectivity index (χ1n) is 7.72. The fraction of sp³-hybridized carbons (Fsp3) is 0.438. The molecule has 3 heterocycles. The molecule has 0 bridgehead atoms. The summed E-state index contributed by atoms with van der Waals surface area (Å²) in [6.07, 6.45) is 9.45. The van der Waals surface area contributed by atoms with Gasteiger partial charge in [0.1, 0.15) is 0 Å². The first kappa shape index (κ1) is 13.3. The lowest BCUT2D eigenvalue weighted by Crippen LogP contribution is -2.47. The largest absolute Gasteiger partial charge is 0.368 e. The van der Waals surface area contributed by atoms with Gasteiger partial charge in [0, 0.05) is 37.1 Å². The Morgan fingerprint density at radius 1 is 1.41 bits per heavy atom. The highest BCUT2D eigenvalue weighted by molar-refractivity contribution is 5.94. The average molecular weight is 297 g/mol. The molecule has 6 nitrogen and oxygen atoms in total. The van der Waals surface area contributed by atoms with Crippen LogP contribution in [0.4, 0.5) is 5.95 Å². The summed E-state index contributed by atoms with van der Waals surface area (Å²) in [6, 6.07) is 1.83. The zero-order valence-electron chi connectivity index (χ0n) is 12.4. The molecule has 1 spiro atoms. The van der Waals surface area contributed by atoms with Crippen molar-refractivity contribution in [2.75, 3.05) is 18.8 Å². The number of aryl methyl sites for hydroxylation is 1. The fourth-order valence-electron chi connectivity index (χ4n) is 3.90. The second-order valence-electron chi connectivity index (χ2n) is 6.31. The molecule has 1 amide bonds. The van der Waals surface area contributed by atoms with Gasteiger partial charge < -0.3 is 15.6 Å². The van der Waals surface area contributed by atoms with Crippen molar-refractivity contribution in [2.45, 2.75) is 31.1 Å². The molecule has 1 aliphatic carbocycles. The maximum absolute atomic E-state index is 12.6. The Labute approximate surface area is 128 Å². The van der Waals surface area contributed by atoms with Crippen LogP contribution in [0.15, 0.2) is 24.7 Å². The lowest BCUT2D eigenvalue weighted by molar-refractivity contribution is 0.0633. The van der Waals surface area contributed by atoms with Crippen LogP contribution in [0.5, 0.6) is 0 Å². The summed E-state index contributed by atoms with van der Waals surface area (Å²) in [5.41, 5.74) is 8.71. The van der Waals surface area contributed by atoms with Crippen LogP contribution in [0.1, 0.15) is 40.9 Å². The van der Waals surface area contributed by atoms with Crippen molar-refractivity contribution in [1.82, 2.24) is 19.9 Å². The van der Waals surface area contributed by atoms with Crippen LogP contribution in [0.25, 0.3) is 0 Å². The van der Waals surface area contributed by atoms with Crippen LogP contribution in [0.2, 0.25) is 0 Å². The van der Waals surface area contributed by atoms with Gasteiger partial charge in [0.2, 0.25) is 5.95 Å². The van der Waals surface area contributed by atoms with Crippen LogP contribution in [0.3, 0.4) is 0 Å². The molecule has 1 aliphatic heterocycles. The van der Waals surface area contributed by atoms with E-state index in [0.29, 0.717) is 5.95 Å². The third-order valence-electron chi connectivity index (χ3n) is 4.97. The van der Waals surface area contributed by atoms with E-state index in [1.165, 1.54) is 5.56 Å². The van der Waals surface area contributed by atoms with Gasteiger partial charge >= 0.3 is 0 Å².